The van der Waals surface area contributed by atoms with Gasteiger partial charge < -0.3 is 14.2 Å². The van der Waals surface area contributed by atoms with Crippen molar-refractivity contribution in [3.05, 3.63) is 87.9 Å². The quantitative estimate of drug-likeness (QED) is 0.348. The topological polar surface area (TPSA) is 69.2 Å². The SMILES string of the molecule is CCOc1cc(C=NNC(=O)c2ccc(C)cc2OC)ccc1OCc1ccc(Cl)cc1. The van der Waals surface area contributed by atoms with Crippen LogP contribution < -0.4 is 19.6 Å². The number of nitrogens with one attached hydrogen (secondary N) is 1. The van der Waals surface area contributed by atoms with E-state index in [1.807, 2.05) is 62.4 Å². The first kappa shape index (κ1) is 23.2. The molecule has 0 heterocycles. The fourth-order valence-corrected chi connectivity index (χ4v) is 3.07. The lowest BCUT2D eigenvalue weighted by Crippen LogP contribution is -2.18. The minimum Gasteiger partial charge on any atom is -0.496 e. The summed E-state index contributed by atoms with van der Waals surface area (Å²) >= 11 is 5.92. The molecule has 3 rings (SSSR count). The van der Waals surface area contributed by atoms with Crippen molar-refractivity contribution in [1.29, 1.82) is 0 Å². The number of halogens is 1. The van der Waals surface area contributed by atoms with E-state index in [1.165, 1.54) is 7.11 Å². The Bertz CT molecular complexity index is 1100. The van der Waals surface area contributed by atoms with Crippen LogP contribution in [0.4, 0.5) is 0 Å². The highest BCUT2D eigenvalue weighted by atomic mass is 35.5. The van der Waals surface area contributed by atoms with Gasteiger partial charge in [-0.15, -0.1) is 0 Å². The number of ether oxygens (including phenoxy) is 3. The highest BCUT2D eigenvalue weighted by Gasteiger charge is 2.11. The number of methoxy groups -OCH3 is 1. The van der Waals surface area contributed by atoms with Gasteiger partial charge in [-0.2, -0.15) is 5.10 Å². The summed E-state index contributed by atoms with van der Waals surface area (Å²) in [4.78, 5) is 12.4. The molecule has 0 aliphatic heterocycles. The van der Waals surface area contributed by atoms with Crippen LogP contribution in [0.1, 0.15) is 34.0 Å². The summed E-state index contributed by atoms with van der Waals surface area (Å²) < 4.78 is 16.9. The molecule has 6 nitrogen and oxygen atoms in total. The van der Waals surface area contributed by atoms with Crippen LogP contribution in [0, 0.1) is 6.92 Å². The van der Waals surface area contributed by atoms with Crippen LogP contribution in [0.2, 0.25) is 5.02 Å². The summed E-state index contributed by atoms with van der Waals surface area (Å²) in [6.45, 7) is 4.71. The largest absolute Gasteiger partial charge is 0.496 e. The number of rotatable bonds is 9. The highest BCUT2D eigenvalue weighted by molar-refractivity contribution is 6.30. The third-order valence-corrected chi connectivity index (χ3v) is 4.81. The monoisotopic (exact) mass is 452 g/mol. The summed E-state index contributed by atoms with van der Waals surface area (Å²) in [6, 6.07) is 18.3. The summed E-state index contributed by atoms with van der Waals surface area (Å²) in [7, 11) is 1.53. The molecule has 0 spiro atoms. The van der Waals surface area contributed by atoms with Crippen molar-refractivity contribution in [3.8, 4) is 17.2 Å². The van der Waals surface area contributed by atoms with Crippen molar-refractivity contribution in [2.75, 3.05) is 13.7 Å². The molecule has 0 saturated heterocycles. The van der Waals surface area contributed by atoms with Crippen LogP contribution in [0.15, 0.2) is 65.8 Å². The number of hydrazone groups is 1. The predicted octanol–water partition coefficient (Wildman–Crippen LogP) is 5.40. The molecule has 0 aliphatic carbocycles. The third kappa shape index (κ3) is 6.25. The fourth-order valence-electron chi connectivity index (χ4n) is 2.95. The summed E-state index contributed by atoms with van der Waals surface area (Å²) in [5.41, 5.74) is 5.69. The highest BCUT2D eigenvalue weighted by Crippen LogP contribution is 2.29. The van der Waals surface area contributed by atoms with Gasteiger partial charge >= 0.3 is 0 Å². The van der Waals surface area contributed by atoms with Gasteiger partial charge in [-0.25, -0.2) is 5.43 Å². The van der Waals surface area contributed by atoms with Crippen LogP contribution in [-0.2, 0) is 6.61 Å². The molecule has 0 unspecified atom stereocenters. The van der Waals surface area contributed by atoms with E-state index < -0.39 is 0 Å². The van der Waals surface area contributed by atoms with Crippen LogP contribution in [0.3, 0.4) is 0 Å². The molecular formula is C25H25ClN2O4. The molecule has 0 radical (unpaired) electrons. The molecule has 166 valence electrons. The Balaban J connectivity index is 1.67. The van der Waals surface area contributed by atoms with Crippen molar-refractivity contribution in [1.82, 2.24) is 5.43 Å². The number of amides is 1. The van der Waals surface area contributed by atoms with Crippen molar-refractivity contribution in [3.63, 3.8) is 0 Å². The van der Waals surface area contributed by atoms with Crippen LogP contribution in [0.25, 0.3) is 0 Å². The van der Waals surface area contributed by atoms with Crippen LogP contribution >= 0.6 is 11.6 Å². The van der Waals surface area contributed by atoms with E-state index in [0.717, 1.165) is 16.7 Å². The zero-order valence-corrected chi connectivity index (χ0v) is 19.0. The number of benzene rings is 3. The summed E-state index contributed by atoms with van der Waals surface area (Å²) in [6.07, 6.45) is 1.55. The first-order chi connectivity index (χ1) is 15.5. The minimum absolute atomic E-state index is 0.356. The minimum atomic E-state index is -0.356. The van der Waals surface area contributed by atoms with Crippen molar-refractivity contribution in [2.45, 2.75) is 20.5 Å². The molecule has 0 aliphatic rings. The van der Waals surface area contributed by atoms with E-state index in [-0.39, 0.29) is 5.91 Å². The van der Waals surface area contributed by atoms with E-state index in [4.69, 9.17) is 25.8 Å². The molecule has 32 heavy (non-hydrogen) atoms. The number of aryl methyl sites for hydroxylation is 1. The second kappa shape index (κ2) is 11.2. The lowest BCUT2D eigenvalue weighted by atomic mass is 10.1. The smallest absolute Gasteiger partial charge is 0.275 e. The van der Waals surface area contributed by atoms with Gasteiger partial charge in [0.1, 0.15) is 12.4 Å². The Labute approximate surface area is 192 Å². The zero-order chi connectivity index (χ0) is 22.9. The predicted molar refractivity (Wildman–Crippen MR) is 126 cm³/mol. The van der Waals surface area contributed by atoms with Gasteiger partial charge in [0.25, 0.3) is 5.91 Å². The van der Waals surface area contributed by atoms with Crippen molar-refractivity contribution >= 4 is 23.7 Å². The number of hydrogen-bond acceptors (Lipinski definition) is 5. The molecule has 7 heteroatoms. The molecule has 0 saturated carbocycles. The Hall–Kier alpha value is -3.51. The van der Waals surface area contributed by atoms with E-state index in [1.54, 1.807) is 18.3 Å². The molecule has 0 fully saturated rings. The van der Waals surface area contributed by atoms with Gasteiger partial charge in [-0.3, -0.25) is 4.79 Å². The lowest BCUT2D eigenvalue weighted by molar-refractivity contribution is 0.0952. The molecule has 3 aromatic rings. The Morgan fingerprint density at radius 1 is 1.00 bits per heavy atom. The zero-order valence-electron chi connectivity index (χ0n) is 18.2. The second-order valence-electron chi connectivity index (χ2n) is 6.96. The molecule has 0 atom stereocenters. The molecule has 3 aromatic carbocycles. The number of carbonyl (C=O) groups is 1. The Morgan fingerprint density at radius 2 is 1.78 bits per heavy atom. The lowest BCUT2D eigenvalue weighted by Gasteiger charge is -2.12. The second-order valence-corrected chi connectivity index (χ2v) is 7.39. The van der Waals surface area contributed by atoms with E-state index in [0.29, 0.717) is 41.0 Å². The first-order valence-electron chi connectivity index (χ1n) is 10.1. The Kier molecular flexibility index (Phi) is 8.11. The van der Waals surface area contributed by atoms with Gasteiger partial charge in [0.15, 0.2) is 11.5 Å². The Morgan fingerprint density at radius 3 is 2.50 bits per heavy atom. The van der Waals surface area contributed by atoms with E-state index >= 15 is 0 Å². The fraction of sp³-hybridized carbons (Fsp3) is 0.200. The van der Waals surface area contributed by atoms with Gasteiger partial charge in [-0.05, 0) is 73.0 Å². The number of nitrogens with zero attached hydrogens (tertiary/aromatic N) is 1. The van der Waals surface area contributed by atoms with Crippen molar-refractivity contribution in [2.24, 2.45) is 5.10 Å². The van der Waals surface area contributed by atoms with Crippen LogP contribution in [-0.4, -0.2) is 25.8 Å². The van der Waals surface area contributed by atoms with Crippen molar-refractivity contribution < 1.29 is 19.0 Å². The maximum Gasteiger partial charge on any atom is 0.275 e. The standard InChI is InChI=1S/C25H25ClN2O4/c1-4-31-24-14-19(8-12-22(24)32-16-18-6-9-20(26)10-7-18)15-27-28-25(29)21-11-5-17(2)13-23(21)30-3/h5-15H,4,16H2,1-3H3,(H,28,29). The molecule has 0 aromatic heterocycles. The number of hydrogen-bond donors (Lipinski definition) is 1. The molecule has 1 amide bonds. The molecular weight excluding hydrogens is 428 g/mol. The molecule has 1 N–H and O–H groups in total. The maximum absolute atomic E-state index is 12.4. The average molecular weight is 453 g/mol. The van der Waals surface area contributed by atoms with Gasteiger partial charge in [0.2, 0.25) is 0 Å². The summed E-state index contributed by atoms with van der Waals surface area (Å²) in [5.74, 6) is 1.36. The van der Waals surface area contributed by atoms with E-state index in [9.17, 15) is 4.79 Å². The van der Waals surface area contributed by atoms with Crippen LogP contribution in [0.5, 0.6) is 17.2 Å². The number of carbonyl (C=O) groups excluding carboxylic acids is 1. The van der Waals surface area contributed by atoms with Gasteiger partial charge in [-0.1, -0.05) is 29.8 Å². The normalized spacial score (nSPS) is 10.8. The molecule has 0 bridgehead atoms. The van der Waals surface area contributed by atoms with Gasteiger partial charge in [0.05, 0.1) is 25.5 Å². The summed E-state index contributed by atoms with van der Waals surface area (Å²) in [5, 5.41) is 4.74. The average Bonchev–Trinajstić information content (AvgIpc) is 2.79. The van der Waals surface area contributed by atoms with E-state index in [2.05, 4.69) is 10.5 Å². The third-order valence-electron chi connectivity index (χ3n) is 4.56. The maximum atomic E-state index is 12.4. The van der Waals surface area contributed by atoms with Gasteiger partial charge in [0, 0.05) is 5.02 Å². The first-order valence-corrected chi connectivity index (χ1v) is 10.5.